The maximum absolute atomic E-state index is 12.0. The molecule has 108 valence electrons. The molecule has 0 aliphatic carbocycles. The fourth-order valence-corrected chi connectivity index (χ4v) is 2.04. The van der Waals surface area contributed by atoms with Gasteiger partial charge in [-0.25, -0.2) is 5.43 Å². The quantitative estimate of drug-likeness (QED) is 0.650. The molecule has 0 aliphatic rings. The number of hydrogen-bond donors (Lipinski definition) is 1. The number of hydrazone groups is 1. The summed E-state index contributed by atoms with van der Waals surface area (Å²) in [6, 6.07) is 16.6. The first-order valence-electron chi connectivity index (χ1n) is 6.88. The van der Waals surface area contributed by atoms with E-state index < -0.39 is 0 Å². The summed E-state index contributed by atoms with van der Waals surface area (Å²) in [5, 5.41) is 4.87. The normalized spacial score (nSPS) is 11.2. The minimum Gasteiger partial charge on any atom is -0.267 e. The van der Waals surface area contributed by atoms with E-state index in [9.17, 15) is 4.79 Å². The molecule has 0 unspecified atom stereocenters. The molecule has 0 bridgehead atoms. The number of rotatable bonds is 5. The minimum absolute atomic E-state index is 0.240. The van der Waals surface area contributed by atoms with E-state index in [-0.39, 0.29) is 5.91 Å². The monoisotopic (exact) mass is 300 g/mol. The van der Waals surface area contributed by atoms with Gasteiger partial charge in [-0.2, -0.15) is 5.10 Å². The fourth-order valence-electron chi connectivity index (χ4n) is 1.92. The predicted octanol–water partition coefficient (Wildman–Crippen LogP) is 4.27. The van der Waals surface area contributed by atoms with Crippen LogP contribution in [0.2, 0.25) is 5.02 Å². The second kappa shape index (κ2) is 7.60. The Balaban J connectivity index is 2.12. The van der Waals surface area contributed by atoms with Gasteiger partial charge in [-0.1, -0.05) is 55.3 Å². The van der Waals surface area contributed by atoms with Crippen LogP contribution in [0, 0.1) is 0 Å². The molecule has 1 N–H and O–H groups in total. The Hall–Kier alpha value is -2.13. The summed E-state index contributed by atoms with van der Waals surface area (Å²) in [6.07, 6.45) is 1.77. The van der Waals surface area contributed by atoms with Crippen LogP contribution in [0.25, 0.3) is 0 Å². The highest BCUT2D eigenvalue weighted by atomic mass is 35.5. The highest BCUT2D eigenvalue weighted by Crippen LogP contribution is 2.10. The summed E-state index contributed by atoms with van der Waals surface area (Å²) in [6.45, 7) is 2.08. The van der Waals surface area contributed by atoms with Crippen molar-refractivity contribution in [3.8, 4) is 0 Å². The van der Waals surface area contributed by atoms with Crippen LogP contribution in [0.5, 0.6) is 0 Å². The number of carbonyl (C=O) groups is 1. The molecule has 2 rings (SSSR count). The van der Waals surface area contributed by atoms with E-state index >= 15 is 0 Å². The Morgan fingerprint density at radius 3 is 2.33 bits per heavy atom. The second-order valence-corrected chi connectivity index (χ2v) is 5.06. The minimum atomic E-state index is -0.240. The maximum atomic E-state index is 12.0. The standard InChI is InChI=1S/C17H17ClN2O/c1-2-6-16(13-7-4-3-5-8-13)19-20-17(21)14-9-11-15(18)12-10-14/h3-5,7-12H,2,6H2,1H3,(H,20,21)/b19-16+. The first-order valence-corrected chi connectivity index (χ1v) is 7.26. The molecule has 0 aliphatic heterocycles. The third-order valence-corrected chi connectivity index (χ3v) is 3.24. The SMILES string of the molecule is CCC/C(=N\NC(=O)c1ccc(Cl)cc1)c1ccccc1. The maximum Gasteiger partial charge on any atom is 0.271 e. The molecule has 0 saturated heterocycles. The van der Waals surface area contributed by atoms with Gasteiger partial charge in [-0.15, -0.1) is 0 Å². The van der Waals surface area contributed by atoms with Crippen LogP contribution < -0.4 is 5.43 Å². The van der Waals surface area contributed by atoms with Crippen molar-refractivity contribution in [1.29, 1.82) is 0 Å². The van der Waals surface area contributed by atoms with E-state index in [1.54, 1.807) is 24.3 Å². The average molecular weight is 301 g/mol. The number of amides is 1. The molecule has 0 saturated carbocycles. The lowest BCUT2D eigenvalue weighted by molar-refractivity contribution is 0.0955. The van der Waals surface area contributed by atoms with Gasteiger partial charge in [-0.3, -0.25) is 4.79 Å². The molecule has 3 nitrogen and oxygen atoms in total. The number of halogens is 1. The molecule has 1 amide bonds. The third kappa shape index (κ3) is 4.43. The van der Waals surface area contributed by atoms with Crippen molar-refractivity contribution in [3.05, 3.63) is 70.7 Å². The van der Waals surface area contributed by atoms with E-state index in [0.29, 0.717) is 10.6 Å². The Bertz CT molecular complexity index is 621. The molecule has 0 radical (unpaired) electrons. The summed E-state index contributed by atoms with van der Waals surface area (Å²) in [5.41, 5.74) is 5.04. The number of benzene rings is 2. The second-order valence-electron chi connectivity index (χ2n) is 4.62. The van der Waals surface area contributed by atoms with Crippen LogP contribution in [-0.2, 0) is 0 Å². The molecule has 0 fully saturated rings. The molecule has 4 heteroatoms. The summed E-state index contributed by atoms with van der Waals surface area (Å²) < 4.78 is 0. The number of carbonyl (C=O) groups excluding carboxylic acids is 1. The molecule has 0 atom stereocenters. The molecular weight excluding hydrogens is 284 g/mol. The van der Waals surface area contributed by atoms with Crippen LogP contribution in [0.4, 0.5) is 0 Å². The van der Waals surface area contributed by atoms with Crippen molar-refractivity contribution in [2.24, 2.45) is 5.10 Å². The molecular formula is C17H17ClN2O. The van der Waals surface area contributed by atoms with E-state index in [0.717, 1.165) is 24.1 Å². The van der Waals surface area contributed by atoms with Gasteiger partial charge in [0.05, 0.1) is 5.71 Å². The van der Waals surface area contributed by atoms with Crippen molar-refractivity contribution in [2.45, 2.75) is 19.8 Å². The summed E-state index contributed by atoms with van der Waals surface area (Å²) >= 11 is 5.81. The topological polar surface area (TPSA) is 41.5 Å². The van der Waals surface area contributed by atoms with Crippen molar-refractivity contribution in [1.82, 2.24) is 5.43 Å². The Kier molecular flexibility index (Phi) is 5.52. The lowest BCUT2D eigenvalue weighted by atomic mass is 10.1. The number of hydrogen-bond acceptors (Lipinski definition) is 2. The van der Waals surface area contributed by atoms with Crippen molar-refractivity contribution < 1.29 is 4.79 Å². The smallest absolute Gasteiger partial charge is 0.267 e. The van der Waals surface area contributed by atoms with Gasteiger partial charge in [0.2, 0.25) is 0 Å². The van der Waals surface area contributed by atoms with Gasteiger partial charge in [0.15, 0.2) is 0 Å². The average Bonchev–Trinajstić information content (AvgIpc) is 2.52. The summed E-state index contributed by atoms with van der Waals surface area (Å²) in [7, 11) is 0. The Morgan fingerprint density at radius 2 is 1.71 bits per heavy atom. The first-order chi connectivity index (χ1) is 10.2. The van der Waals surface area contributed by atoms with Crippen LogP contribution >= 0.6 is 11.6 Å². The van der Waals surface area contributed by atoms with Crippen LogP contribution in [0.15, 0.2) is 59.7 Å². The van der Waals surface area contributed by atoms with Crippen LogP contribution in [0.1, 0.15) is 35.7 Å². The highest BCUT2D eigenvalue weighted by Gasteiger charge is 2.06. The van der Waals surface area contributed by atoms with Gasteiger partial charge < -0.3 is 0 Å². The molecule has 2 aromatic carbocycles. The van der Waals surface area contributed by atoms with E-state index in [1.807, 2.05) is 30.3 Å². The van der Waals surface area contributed by atoms with Gasteiger partial charge in [0, 0.05) is 10.6 Å². The zero-order valence-corrected chi connectivity index (χ0v) is 12.6. The number of nitrogens with zero attached hydrogens (tertiary/aromatic N) is 1. The molecule has 0 heterocycles. The highest BCUT2D eigenvalue weighted by molar-refractivity contribution is 6.30. The van der Waals surface area contributed by atoms with E-state index in [2.05, 4.69) is 17.5 Å². The molecule has 21 heavy (non-hydrogen) atoms. The molecule has 2 aromatic rings. The molecule has 0 aromatic heterocycles. The van der Waals surface area contributed by atoms with Crippen LogP contribution in [-0.4, -0.2) is 11.6 Å². The summed E-state index contributed by atoms with van der Waals surface area (Å²) in [5.74, 6) is -0.240. The van der Waals surface area contributed by atoms with E-state index in [1.165, 1.54) is 0 Å². The Morgan fingerprint density at radius 1 is 1.05 bits per heavy atom. The first kappa shape index (κ1) is 15.3. The lowest BCUT2D eigenvalue weighted by Gasteiger charge is -2.06. The zero-order chi connectivity index (χ0) is 15.1. The summed E-state index contributed by atoms with van der Waals surface area (Å²) in [4.78, 5) is 12.0. The largest absolute Gasteiger partial charge is 0.271 e. The fraction of sp³-hybridized carbons (Fsp3) is 0.176. The van der Waals surface area contributed by atoms with Gasteiger partial charge in [0.1, 0.15) is 0 Å². The van der Waals surface area contributed by atoms with Crippen molar-refractivity contribution in [3.63, 3.8) is 0 Å². The Labute approximate surface area is 129 Å². The third-order valence-electron chi connectivity index (χ3n) is 2.99. The molecule has 0 spiro atoms. The van der Waals surface area contributed by atoms with Gasteiger partial charge in [-0.05, 0) is 36.2 Å². The number of nitrogens with one attached hydrogen (secondary N) is 1. The lowest BCUT2D eigenvalue weighted by Crippen LogP contribution is -2.20. The van der Waals surface area contributed by atoms with Gasteiger partial charge in [0.25, 0.3) is 5.91 Å². The zero-order valence-electron chi connectivity index (χ0n) is 11.8. The van der Waals surface area contributed by atoms with E-state index in [4.69, 9.17) is 11.6 Å². The van der Waals surface area contributed by atoms with Crippen molar-refractivity contribution in [2.75, 3.05) is 0 Å². The van der Waals surface area contributed by atoms with Crippen molar-refractivity contribution >= 4 is 23.2 Å². The van der Waals surface area contributed by atoms with Gasteiger partial charge >= 0.3 is 0 Å². The van der Waals surface area contributed by atoms with Crippen LogP contribution in [0.3, 0.4) is 0 Å². The predicted molar refractivity (Wildman–Crippen MR) is 86.8 cm³/mol.